The summed E-state index contributed by atoms with van der Waals surface area (Å²) < 4.78 is 6.58. The Balaban J connectivity index is 2.44. The number of hydrogen-bond donors (Lipinski definition) is 3. The van der Waals surface area contributed by atoms with Crippen LogP contribution in [-0.4, -0.2) is 22.4 Å². The molecule has 1 atom stereocenters. The number of phenols is 2. The highest BCUT2D eigenvalue weighted by Gasteiger charge is 2.18. The minimum atomic E-state index is -0.222. The molecule has 128 valence electrons. The molecule has 3 N–H and O–H groups in total. The summed E-state index contributed by atoms with van der Waals surface area (Å²) >= 11 is 4.10. The third kappa shape index (κ3) is 3.80. The Morgan fingerprint density at radius 2 is 1.75 bits per heavy atom. The topological polar surface area (TPSA) is 69.9 Å². The number of halogens is 2. The van der Waals surface area contributed by atoms with Crippen molar-refractivity contribution >= 4 is 50.8 Å². The number of aliphatic hydroxyl groups excluding tert-OH is 1. The van der Waals surface area contributed by atoms with Gasteiger partial charge in [0.2, 0.25) is 0 Å². The van der Waals surface area contributed by atoms with E-state index < -0.39 is 0 Å². The van der Waals surface area contributed by atoms with E-state index in [1.807, 2.05) is 41.6 Å². The molecule has 6 heteroatoms. The molecule has 2 aromatic carbocycles. The van der Waals surface area contributed by atoms with Gasteiger partial charge in [0.05, 0.1) is 20.9 Å². The Morgan fingerprint density at radius 3 is 2.33 bits per heavy atom. The average molecular weight is 552 g/mol. The predicted octanol–water partition coefficient (Wildman–Crippen LogP) is 4.62. The second-order valence-electron chi connectivity index (χ2n) is 5.42. The summed E-state index contributed by atoms with van der Waals surface area (Å²) in [5, 5.41) is 29.3. The van der Waals surface area contributed by atoms with Gasteiger partial charge in [-0.05, 0) is 86.1 Å². The zero-order chi connectivity index (χ0) is 18.0. The van der Waals surface area contributed by atoms with Gasteiger partial charge in [-0.25, -0.2) is 0 Å². The van der Waals surface area contributed by atoms with Crippen molar-refractivity contribution in [2.45, 2.75) is 19.4 Å². The number of hydrogen-bond acceptors (Lipinski definition) is 4. The van der Waals surface area contributed by atoms with E-state index in [1.54, 1.807) is 12.1 Å². The molecule has 0 saturated carbocycles. The average Bonchev–Trinajstić information content (AvgIpc) is 2.58. The van der Waals surface area contributed by atoms with Gasteiger partial charge in [0.25, 0.3) is 0 Å². The molecule has 4 nitrogen and oxygen atoms in total. The SMILES string of the molecule is C=C(c1cc(I)c(O)c(OC)c1)C(C)c1cc(I)c(O)c(CO)c1. The van der Waals surface area contributed by atoms with Crippen molar-refractivity contribution in [3.8, 4) is 17.2 Å². The summed E-state index contributed by atoms with van der Waals surface area (Å²) in [6.45, 7) is 5.98. The molecule has 0 aliphatic rings. The Bertz CT molecular complexity index is 787. The Morgan fingerprint density at radius 1 is 1.12 bits per heavy atom. The molecule has 0 aliphatic carbocycles. The molecule has 0 aliphatic heterocycles. The smallest absolute Gasteiger partial charge is 0.171 e. The van der Waals surface area contributed by atoms with E-state index in [1.165, 1.54) is 7.11 Å². The first-order chi connectivity index (χ1) is 11.3. The van der Waals surface area contributed by atoms with Crippen LogP contribution in [0.4, 0.5) is 0 Å². The quantitative estimate of drug-likeness (QED) is 0.474. The number of rotatable bonds is 5. The van der Waals surface area contributed by atoms with Crippen LogP contribution in [0, 0.1) is 7.14 Å². The number of aliphatic hydroxyl groups is 1. The summed E-state index contributed by atoms with van der Waals surface area (Å²) in [4.78, 5) is 0. The highest BCUT2D eigenvalue weighted by atomic mass is 127. The molecular weight excluding hydrogens is 534 g/mol. The molecule has 24 heavy (non-hydrogen) atoms. The summed E-state index contributed by atoms with van der Waals surface area (Å²) in [7, 11) is 1.51. The molecule has 0 saturated heterocycles. The van der Waals surface area contributed by atoms with E-state index in [0.717, 1.165) is 16.7 Å². The summed E-state index contributed by atoms with van der Waals surface area (Å²) in [5.74, 6) is 0.598. The monoisotopic (exact) mass is 552 g/mol. The molecule has 0 aromatic heterocycles. The second-order valence-corrected chi connectivity index (χ2v) is 7.75. The van der Waals surface area contributed by atoms with Crippen molar-refractivity contribution < 1.29 is 20.1 Å². The standard InChI is InChI=1S/C18H18I2O4/c1-9(11-4-13(8-21)17(22)14(19)5-11)10(2)12-6-15(20)18(23)16(7-12)24-3/h4-7,9,21-23H,2,8H2,1,3H3. The van der Waals surface area contributed by atoms with E-state index in [2.05, 4.69) is 29.2 Å². The lowest BCUT2D eigenvalue weighted by molar-refractivity contribution is 0.275. The summed E-state index contributed by atoms with van der Waals surface area (Å²) in [5.41, 5.74) is 3.18. The Hall–Kier alpha value is -1.00. The second kappa shape index (κ2) is 7.92. The fourth-order valence-electron chi connectivity index (χ4n) is 2.42. The largest absolute Gasteiger partial charge is 0.506 e. The van der Waals surface area contributed by atoms with Crippen molar-refractivity contribution in [2.75, 3.05) is 7.11 Å². The van der Waals surface area contributed by atoms with Gasteiger partial charge in [0.15, 0.2) is 11.5 Å². The van der Waals surface area contributed by atoms with Crippen LogP contribution in [0.2, 0.25) is 0 Å². The Kier molecular flexibility index (Phi) is 6.38. The van der Waals surface area contributed by atoms with Crippen LogP contribution in [-0.2, 0) is 6.61 Å². The number of allylic oxidation sites excluding steroid dienone is 1. The maximum absolute atomic E-state index is 9.98. The number of benzene rings is 2. The minimum absolute atomic E-state index is 0.0329. The van der Waals surface area contributed by atoms with Gasteiger partial charge in [0, 0.05) is 11.5 Å². The van der Waals surface area contributed by atoms with Crippen molar-refractivity contribution in [3.63, 3.8) is 0 Å². The highest BCUT2D eigenvalue weighted by molar-refractivity contribution is 14.1. The number of ether oxygens (including phenoxy) is 1. The van der Waals surface area contributed by atoms with E-state index in [-0.39, 0.29) is 24.0 Å². The predicted molar refractivity (Wildman–Crippen MR) is 112 cm³/mol. The lowest BCUT2D eigenvalue weighted by atomic mass is 9.88. The molecule has 2 rings (SSSR count). The Labute approximate surface area is 168 Å². The van der Waals surface area contributed by atoms with Gasteiger partial charge in [-0.1, -0.05) is 13.5 Å². The fourth-order valence-corrected chi connectivity index (χ4v) is 3.72. The molecule has 0 radical (unpaired) electrons. The van der Waals surface area contributed by atoms with Gasteiger partial charge in [-0.2, -0.15) is 0 Å². The molecule has 0 bridgehead atoms. The number of aromatic hydroxyl groups is 2. The maximum atomic E-state index is 9.98. The third-order valence-electron chi connectivity index (χ3n) is 3.98. The lowest BCUT2D eigenvalue weighted by Gasteiger charge is -2.19. The van der Waals surface area contributed by atoms with E-state index in [0.29, 0.717) is 18.5 Å². The van der Waals surface area contributed by atoms with Crippen LogP contribution in [0.1, 0.15) is 29.5 Å². The van der Waals surface area contributed by atoms with Gasteiger partial charge in [-0.15, -0.1) is 0 Å². The molecular formula is C18H18I2O4. The summed E-state index contributed by atoms with van der Waals surface area (Å²) in [6, 6.07) is 7.29. The van der Waals surface area contributed by atoms with Gasteiger partial charge >= 0.3 is 0 Å². The van der Waals surface area contributed by atoms with Gasteiger partial charge in [0.1, 0.15) is 5.75 Å². The summed E-state index contributed by atoms with van der Waals surface area (Å²) in [6.07, 6.45) is 0. The van der Waals surface area contributed by atoms with Gasteiger partial charge < -0.3 is 20.1 Å². The van der Waals surface area contributed by atoms with Crippen molar-refractivity contribution in [3.05, 3.63) is 54.7 Å². The molecule has 0 fully saturated rings. The first-order valence-corrected chi connectivity index (χ1v) is 9.33. The first kappa shape index (κ1) is 19.3. The van der Waals surface area contributed by atoms with Crippen molar-refractivity contribution in [1.29, 1.82) is 0 Å². The first-order valence-electron chi connectivity index (χ1n) is 7.17. The molecule has 0 amide bonds. The zero-order valence-electron chi connectivity index (χ0n) is 13.3. The zero-order valence-corrected chi connectivity index (χ0v) is 17.6. The van der Waals surface area contributed by atoms with Crippen LogP contribution in [0.25, 0.3) is 5.57 Å². The molecule has 0 heterocycles. The van der Waals surface area contributed by atoms with E-state index in [9.17, 15) is 15.3 Å². The minimum Gasteiger partial charge on any atom is -0.506 e. The van der Waals surface area contributed by atoms with Crippen LogP contribution in [0.15, 0.2) is 30.8 Å². The molecule has 0 spiro atoms. The van der Waals surface area contributed by atoms with Crippen LogP contribution < -0.4 is 4.74 Å². The number of phenolic OH excluding ortho intramolecular Hbond substituents is 1. The lowest BCUT2D eigenvalue weighted by Crippen LogP contribution is -2.01. The third-order valence-corrected chi connectivity index (χ3v) is 5.62. The normalized spacial score (nSPS) is 12.0. The van der Waals surface area contributed by atoms with Crippen molar-refractivity contribution in [1.82, 2.24) is 0 Å². The van der Waals surface area contributed by atoms with Gasteiger partial charge in [-0.3, -0.25) is 0 Å². The van der Waals surface area contributed by atoms with E-state index in [4.69, 9.17) is 4.74 Å². The molecule has 1 unspecified atom stereocenters. The van der Waals surface area contributed by atoms with Crippen molar-refractivity contribution in [2.24, 2.45) is 0 Å². The number of methoxy groups -OCH3 is 1. The highest BCUT2D eigenvalue weighted by Crippen LogP contribution is 2.39. The maximum Gasteiger partial charge on any atom is 0.171 e. The van der Waals surface area contributed by atoms with Crippen LogP contribution in [0.3, 0.4) is 0 Å². The van der Waals surface area contributed by atoms with Crippen LogP contribution in [0.5, 0.6) is 17.2 Å². The van der Waals surface area contributed by atoms with Crippen LogP contribution >= 0.6 is 45.2 Å². The van der Waals surface area contributed by atoms with E-state index >= 15 is 0 Å². The molecule has 2 aromatic rings. The fraction of sp³-hybridized carbons (Fsp3) is 0.222.